The molecule has 0 saturated carbocycles. The Morgan fingerprint density at radius 3 is 2.88 bits per heavy atom. The Kier molecular flexibility index (Phi) is 10.4. The third-order valence-corrected chi connectivity index (χ3v) is 5.69. The number of rotatable bonds is 13. The maximum absolute atomic E-state index is 12.1. The normalized spacial score (nSPS) is 21.8. The zero-order valence-corrected chi connectivity index (χ0v) is 15.6. The lowest BCUT2D eigenvalue weighted by Crippen LogP contribution is -2.35. The Balaban J connectivity index is 2.38. The second-order valence-corrected chi connectivity index (χ2v) is 7.75. The first-order chi connectivity index (χ1) is 12.0. The first kappa shape index (κ1) is 21.6. The van der Waals surface area contributed by atoms with Crippen molar-refractivity contribution < 1.29 is 28.7 Å². The van der Waals surface area contributed by atoms with Gasteiger partial charge in [0.15, 0.2) is 6.61 Å². The molecule has 1 aliphatic rings. The van der Waals surface area contributed by atoms with E-state index in [0.717, 1.165) is 25.7 Å². The molecule has 0 aliphatic carbocycles. The van der Waals surface area contributed by atoms with Crippen LogP contribution in [0, 0.1) is 0 Å². The molecule has 1 fully saturated rings. The Hall–Kier alpha value is -1.41. The van der Waals surface area contributed by atoms with Crippen molar-refractivity contribution in [2.24, 2.45) is 0 Å². The molecule has 8 heteroatoms. The zero-order valence-electron chi connectivity index (χ0n) is 14.8. The molecule has 3 unspecified atom stereocenters. The van der Waals surface area contributed by atoms with Gasteiger partial charge in [-0.3, -0.25) is 9.00 Å². The largest absolute Gasteiger partial charge is 0.490 e. The summed E-state index contributed by atoms with van der Waals surface area (Å²) in [6, 6.07) is 0. The minimum absolute atomic E-state index is 0.0375. The second kappa shape index (κ2) is 12.0. The van der Waals surface area contributed by atoms with Gasteiger partial charge in [0.2, 0.25) is 5.91 Å². The number of carboxylic acids is 1. The highest BCUT2D eigenvalue weighted by atomic mass is 32.2. The average molecular weight is 375 g/mol. The zero-order chi connectivity index (χ0) is 18.7. The van der Waals surface area contributed by atoms with Gasteiger partial charge in [0.05, 0.1) is 23.2 Å². The molecule has 0 aromatic heterocycles. The van der Waals surface area contributed by atoms with E-state index in [9.17, 15) is 18.9 Å². The van der Waals surface area contributed by atoms with Crippen LogP contribution in [0.5, 0.6) is 0 Å². The van der Waals surface area contributed by atoms with Crippen LogP contribution in [0.25, 0.3) is 0 Å². The fourth-order valence-electron chi connectivity index (χ4n) is 2.74. The summed E-state index contributed by atoms with van der Waals surface area (Å²) >= 11 is 0. The SMILES string of the molecule is CCCCCC(O)CCC1N(CC/C=C\OCC(=O)O)C(=O)CS1=O. The van der Waals surface area contributed by atoms with E-state index < -0.39 is 29.5 Å². The van der Waals surface area contributed by atoms with Crippen molar-refractivity contribution >= 4 is 22.7 Å². The van der Waals surface area contributed by atoms with Crippen molar-refractivity contribution in [1.82, 2.24) is 4.90 Å². The maximum Gasteiger partial charge on any atom is 0.341 e. The Morgan fingerprint density at radius 1 is 1.44 bits per heavy atom. The molecule has 0 aromatic rings. The number of nitrogens with zero attached hydrogens (tertiary/aromatic N) is 1. The van der Waals surface area contributed by atoms with Crippen LogP contribution in [0.1, 0.15) is 51.9 Å². The van der Waals surface area contributed by atoms with E-state index in [-0.39, 0.29) is 17.0 Å². The first-order valence-electron chi connectivity index (χ1n) is 8.78. The summed E-state index contributed by atoms with van der Waals surface area (Å²) < 4.78 is 16.9. The van der Waals surface area contributed by atoms with Gasteiger partial charge in [-0.2, -0.15) is 0 Å². The number of hydrogen-bond acceptors (Lipinski definition) is 5. The molecular formula is C17H29NO6S. The monoisotopic (exact) mass is 375 g/mol. The van der Waals surface area contributed by atoms with Gasteiger partial charge in [-0.25, -0.2) is 4.79 Å². The van der Waals surface area contributed by atoms with Gasteiger partial charge in [-0.15, -0.1) is 0 Å². The summed E-state index contributed by atoms with van der Waals surface area (Å²) in [6.07, 6.45) is 8.03. The number of hydrogen-bond donors (Lipinski definition) is 2. The van der Waals surface area contributed by atoms with Crippen molar-refractivity contribution in [3.8, 4) is 0 Å². The lowest BCUT2D eigenvalue weighted by atomic mass is 10.1. The number of carbonyl (C=O) groups is 2. The van der Waals surface area contributed by atoms with Gasteiger partial charge < -0.3 is 19.8 Å². The van der Waals surface area contributed by atoms with Crippen molar-refractivity contribution in [1.29, 1.82) is 0 Å². The molecule has 7 nitrogen and oxygen atoms in total. The van der Waals surface area contributed by atoms with E-state index in [1.807, 2.05) is 0 Å². The van der Waals surface area contributed by atoms with E-state index in [1.54, 1.807) is 11.0 Å². The fraction of sp³-hybridized carbons (Fsp3) is 0.765. The van der Waals surface area contributed by atoms with Crippen LogP contribution in [0.15, 0.2) is 12.3 Å². The van der Waals surface area contributed by atoms with Crippen molar-refractivity contribution in [3.05, 3.63) is 12.3 Å². The molecule has 0 spiro atoms. The van der Waals surface area contributed by atoms with Crippen LogP contribution in [-0.2, 0) is 25.1 Å². The van der Waals surface area contributed by atoms with E-state index >= 15 is 0 Å². The highest BCUT2D eigenvalue weighted by Crippen LogP contribution is 2.22. The maximum atomic E-state index is 12.1. The number of aliphatic hydroxyl groups excluding tert-OH is 1. The van der Waals surface area contributed by atoms with Crippen LogP contribution in [-0.4, -0.2) is 61.6 Å². The minimum Gasteiger partial charge on any atom is -0.490 e. The lowest BCUT2D eigenvalue weighted by molar-refractivity contribution is -0.140. The van der Waals surface area contributed by atoms with Gasteiger partial charge in [-0.05, 0) is 31.8 Å². The molecular weight excluding hydrogens is 346 g/mol. The van der Waals surface area contributed by atoms with Gasteiger partial charge in [-0.1, -0.05) is 26.2 Å². The standard InChI is InChI=1S/C17H29NO6S/c1-2-3-4-7-14(19)8-9-16-18(15(20)13-25(16)23)10-5-6-11-24-12-17(21)22/h6,11,14,16,19H,2-5,7-10,12-13H2,1H3,(H,21,22)/b11-6-. The highest BCUT2D eigenvalue weighted by Gasteiger charge is 2.36. The van der Waals surface area contributed by atoms with Gasteiger partial charge in [0.1, 0.15) is 11.1 Å². The number of aliphatic carboxylic acids is 1. The smallest absolute Gasteiger partial charge is 0.341 e. The predicted molar refractivity (Wildman–Crippen MR) is 95.2 cm³/mol. The van der Waals surface area contributed by atoms with Crippen LogP contribution in [0.3, 0.4) is 0 Å². The van der Waals surface area contributed by atoms with Crippen molar-refractivity contribution in [3.63, 3.8) is 0 Å². The molecule has 1 aliphatic heterocycles. The highest BCUT2D eigenvalue weighted by molar-refractivity contribution is 7.86. The number of amides is 1. The first-order valence-corrected chi connectivity index (χ1v) is 10.2. The topological polar surface area (TPSA) is 104 Å². The van der Waals surface area contributed by atoms with Gasteiger partial charge in [0.25, 0.3) is 0 Å². The third-order valence-electron chi connectivity index (χ3n) is 4.06. The van der Waals surface area contributed by atoms with Crippen LogP contribution in [0.4, 0.5) is 0 Å². The van der Waals surface area contributed by atoms with Crippen molar-refractivity contribution in [2.45, 2.75) is 63.3 Å². The van der Waals surface area contributed by atoms with Gasteiger partial charge in [0, 0.05) is 6.54 Å². The van der Waals surface area contributed by atoms with E-state index in [1.165, 1.54) is 6.26 Å². The molecule has 1 amide bonds. The summed E-state index contributed by atoms with van der Waals surface area (Å²) in [4.78, 5) is 23.9. The van der Waals surface area contributed by atoms with E-state index in [2.05, 4.69) is 6.92 Å². The van der Waals surface area contributed by atoms with E-state index in [4.69, 9.17) is 9.84 Å². The summed E-state index contributed by atoms with van der Waals surface area (Å²) in [5.74, 6) is -1.15. The second-order valence-electron chi connectivity index (χ2n) is 6.16. The number of ether oxygens (including phenoxy) is 1. The molecule has 3 atom stereocenters. The minimum atomic E-state index is -1.23. The predicted octanol–water partition coefficient (Wildman–Crippen LogP) is 1.63. The molecule has 0 aromatic carbocycles. The summed E-state index contributed by atoms with van der Waals surface area (Å²) in [7, 11) is -1.23. The molecule has 25 heavy (non-hydrogen) atoms. The fourth-order valence-corrected chi connectivity index (χ4v) is 4.25. The molecule has 1 rings (SSSR count). The summed E-state index contributed by atoms with van der Waals surface area (Å²) in [6.45, 7) is 2.12. The third kappa shape index (κ3) is 8.49. The molecule has 2 N–H and O–H groups in total. The summed E-state index contributed by atoms with van der Waals surface area (Å²) in [5.41, 5.74) is 0. The van der Waals surface area contributed by atoms with Crippen molar-refractivity contribution in [2.75, 3.05) is 18.9 Å². The summed E-state index contributed by atoms with van der Waals surface area (Å²) in [5, 5.41) is 18.1. The number of aliphatic hydroxyl groups is 1. The average Bonchev–Trinajstić information content (AvgIpc) is 2.82. The Morgan fingerprint density at radius 2 is 2.20 bits per heavy atom. The Bertz CT molecular complexity index is 482. The van der Waals surface area contributed by atoms with Crippen LogP contribution < -0.4 is 0 Å². The molecule has 0 bridgehead atoms. The van der Waals surface area contributed by atoms with E-state index in [0.29, 0.717) is 25.8 Å². The number of unbranched alkanes of at least 4 members (excludes halogenated alkanes) is 2. The number of carboxylic acid groups (broad SMARTS) is 1. The van der Waals surface area contributed by atoms with Crippen LogP contribution >= 0.6 is 0 Å². The molecule has 144 valence electrons. The Labute approximate surface area is 151 Å². The molecule has 1 saturated heterocycles. The molecule has 1 heterocycles. The van der Waals surface area contributed by atoms with Gasteiger partial charge >= 0.3 is 5.97 Å². The lowest BCUT2D eigenvalue weighted by Gasteiger charge is -2.23. The molecule has 0 radical (unpaired) electrons. The quantitative estimate of drug-likeness (QED) is 0.374. The van der Waals surface area contributed by atoms with Crippen LogP contribution in [0.2, 0.25) is 0 Å². The number of carbonyl (C=O) groups excluding carboxylic acids is 1.